The highest BCUT2D eigenvalue weighted by Gasteiger charge is 2.24. The molecule has 3 aromatic rings. The van der Waals surface area contributed by atoms with Crippen LogP contribution in [0.1, 0.15) is 16.7 Å². The summed E-state index contributed by atoms with van der Waals surface area (Å²) in [6.45, 7) is 6.97. The summed E-state index contributed by atoms with van der Waals surface area (Å²) in [5, 5.41) is 3.11. The van der Waals surface area contributed by atoms with Gasteiger partial charge in [-0.3, -0.25) is 0 Å². The molecule has 2 aliphatic rings. The van der Waals surface area contributed by atoms with Crippen molar-refractivity contribution in [2.75, 3.05) is 54.5 Å². The minimum Gasteiger partial charge on any atom is -0.489 e. The van der Waals surface area contributed by atoms with E-state index >= 15 is 0 Å². The number of ether oxygens (including phenoxy) is 2. The van der Waals surface area contributed by atoms with E-state index in [-0.39, 0.29) is 17.1 Å². The fourth-order valence-electron chi connectivity index (χ4n) is 4.51. The maximum atomic E-state index is 14.5. The van der Waals surface area contributed by atoms with Crippen molar-refractivity contribution in [3.05, 3.63) is 75.9 Å². The number of fused-ring (bicyclic) bond motifs is 1. The summed E-state index contributed by atoms with van der Waals surface area (Å²) in [6, 6.07) is 10.2. The van der Waals surface area contributed by atoms with Gasteiger partial charge in [-0.1, -0.05) is 11.6 Å². The summed E-state index contributed by atoms with van der Waals surface area (Å²) in [7, 11) is 0. The standard InChI is InChI=1S/C26H27ClF2N4O2/c1-17-18(16-35-20-4-2-19(3-5-20)32-10-12-34-13-11-32)14-31-26-25(17)33(9-8-30-26)15-21-22(28)6-7-23(29)24(21)27/h2-7,14H,8-13,15-16H2,1H3,(H,30,31). The third kappa shape index (κ3) is 4.99. The largest absolute Gasteiger partial charge is 0.489 e. The zero-order valence-corrected chi connectivity index (χ0v) is 20.2. The van der Waals surface area contributed by atoms with Gasteiger partial charge in [-0.15, -0.1) is 0 Å². The highest BCUT2D eigenvalue weighted by Crippen LogP contribution is 2.35. The van der Waals surface area contributed by atoms with Crippen molar-refractivity contribution < 1.29 is 18.3 Å². The Morgan fingerprint density at radius 2 is 1.80 bits per heavy atom. The molecule has 0 aliphatic carbocycles. The molecule has 0 radical (unpaired) electrons. The molecular weight excluding hydrogens is 474 g/mol. The zero-order chi connectivity index (χ0) is 24.4. The molecule has 2 aliphatic heterocycles. The highest BCUT2D eigenvalue weighted by molar-refractivity contribution is 6.31. The van der Waals surface area contributed by atoms with Crippen LogP contribution < -0.4 is 19.9 Å². The van der Waals surface area contributed by atoms with E-state index in [1.807, 2.05) is 24.0 Å². The minimum absolute atomic E-state index is 0.140. The molecule has 0 saturated carbocycles. The smallest absolute Gasteiger partial charge is 0.149 e. The zero-order valence-electron chi connectivity index (χ0n) is 19.5. The predicted molar refractivity (Wildman–Crippen MR) is 134 cm³/mol. The average Bonchev–Trinajstić information content (AvgIpc) is 2.89. The Balaban J connectivity index is 1.33. The van der Waals surface area contributed by atoms with E-state index in [4.69, 9.17) is 21.1 Å². The summed E-state index contributed by atoms with van der Waals surface area (Å²) in [4.78, 5) is 8.85. The SMILES string of the molecule is Cc1c(COc2ccc(N3CCOCC3)cc2)cnc2c1N(Cc1c(F)ccc(F)c1Cl)CCN2. The van der Waals surface area contributed by atoms with Gasteiger partial charge in [0, 0.05) is 55.7 Å². The molecule has 0 amide bonds. The number of nitrogens with zero attached hydrogens (tertiary/aromatic N) is 3. The number of pyridine rings is 1. The van der Waals surface area contributed by atoms with E-state index in [1.54, 1.807) is 6.20 Å². The molecule has 2 aromatic carbocycles. The van der Waals surface area contributed by atoms with Crippen molar-refractivity contribution in [2.45, 2.75) is 20.1 Å². The van der Waals surface area contributed by atoms with Crippen LogP contribution in [-0.2, 0) is 17.9 Å². The van der Waals surface area contributed by atoms with Gasteiger partial charge in [0.25, 0.3) is 0 Å². The van der Waals surface area contributed by atoms with Crippen molar-refractivity contribution in [1.82, 2.24) is 4.98 Å². The van der Waals surface area contributed by atoms with Gasteiger partial charge in [-0.25, -0.2) is 13.8 Å². The first-order valence-corrected chi connectivity index (χ1v) is 12.0. The Hall–Kier alpha value is -3.10. The van der Waals surface area contributed by atoms with Gasteiger partial charge in [0.1, 0.15) is 29.8 Å². The lowest BCUT2D eigenvalue weighted by Crippen LogP contribution is -2.36. The second-order valence-corrected chi connectivity index (χ2v) is 9.04. The van der Waals surface area contributed by atoms with Gasteiger partial charge in [0.05, 0.1) is 23.9 Å². The lowest BCUT2D eigenvalue weighted by atomic mass is 10.1. The quantitative estimate of drug-likeness (QED) is 0.471. The normalized spacial score (nSPS) is 15.5. The molecule has 6 nitrogen and oxygen atoms in total. The van der Waals surface area contributed by atoms with E-state index in [2.05, 4.69) is 27.3 Å². The topological polar surface area (TPSA) is 49.9 Å². The molecule has 1 aromatic heterocycles. The first-order chi connectivity index (χ1) is 17.0. The predicted octanol–water partition coefficient (Wildman–Crippen LogP) is 5.17. The van der Waals surface area contributed by atoms with Crippen LogP contribution in [0.25, 0.3) is 0 Å². The summed E-state index contributed by atoms with van der Waals surface area (Å²) in [5.74, 6) is 0.320. The van der Waals surface area contributed by atoms with Gasteiger partial charge in [0.15, 0.2) is 0 Å². The molecule has 35 heavy (non-hydrogen) atoms. The number of rotatable bonds is 6. The number of anilines is 3. The van der Waals surface area contributed by atoms with Crippen LogP contribution in [-0.4, -0.2) is 44.4 Å². The maximum Gasteiger partial charge on any atom is 0.149 e. The molecule has 5 rings (SSSR count). The number of nitrogens with one attached hydrogen (secondary N) is 1. The van der Waals surface area contributed by atoms with Crippen LogP contribution in [0.15, 0.2) is 42.6 Å². The summed E-state index contributed by atoms with van der Waals surface area (Å²) in [6.07, 6.45) is 1.79. The van der Waals surface area contributed by atoms with Crippen molar-refractivity contribution in [3.63, 3.8) is 0 Å². The Labute approximate surface area is 208 Å². The number of hydrogen-bond acceptors (Lipinski definition) is 6. The van der Waals surface area contributed by atoms with Crippen molar-refractivity contribution in [3.8, 4) is 5.75 Å². The Bertz CT molecular complexity index is 1200. The molecule has 0 atom stereocenters. The van der Waals surface area contributed by atoms with Crippen molar-refractivity contribution >= 4 is 28.8 Å². The van der Waals surface area contributed by atoms with E-state index < -0.39 is 11.6 Å². The monoisotopic (exact) mass is 500 g/mol. The van der Waals surface area contributed by atoms with E-state index in [9.17, 15) is 8.78 Å². The third-order valence-corrected chi connectivity index (χ3v) is 6.90. The molecule has 0 spiro atoms. The Kier molecular flexibility index (Phi) is 6.92. The first kappa shape index (κ1) is 23.6. The maximum absolute atomic E-state index is 14.5. The molecule has 1 N–H and O–H groups in total. The molecule has 184 valence electrons. The van der Waals surface area contributed by atoms with Crippen molar-refractivity contribution in [1.29, 1.82) is 0 Å². The van der Waals surface area contributed by atoms with Crippen LogP contribution in [0, 0.1) is 18.6 Å². The number of morpholine rings is 1. The van der Waals surface area contributed by atoms with E-state index in [1.165, 1.54) is 0 Å². The van der Waals surface area contributed by atoms with Gasteiger partial charge >= 0.3 is 0 Å². The summed E-state index contributed by atoms with van der Waals surface area (Å²) >= 11 is 6.09. The molecule has 0 bridgehead atoms. The molecule has 3 heterocycles. The van der Waals surface area contributed by atoms with Gasteiger partial charge in [-0.05, 0) is 48.9 Å². The average molecular weight is 501 g/mol. The molecule has 9 heteroatoms. The molecule has 1 saturated heterocycles. The van der Waals surface area contributed by atoms with Crippen molar-refractivity contribution in [2.24, 2.45) is 0 Å². The van der Waals surface area contributed by atoms with E-state index in [0.29, 0.717) is 25.5 Å². The lowest BCUT2D eigenvalue weighted by molar-refractivity contribution is 0.122. The van der Waals surface area contributed by atoms with Crippen LogP contribution in [0.5, 0.6) is 5.75 Å². The summed E-state index contributed by atoms with van der Waals surface area (Å²) < 4.78 is 39.9. The second kappa shape index (κ2) is 10.3. The van der Waals surface area contributed by atoms with Gasteiger partial charge in [-0.2, -0.15) is 0 Å². The fourth-order valence-corrected chi connectivity index (χ4v) is 4.72. The van der Waals surface area contributed by atoms with Crippen LogP contribution in [0.3, 0.4) is 0 Å². The third-order valence-electron chi connectivity index (χ3n) is 6.50. The second-order valence-electron chi connectivity index (χ2n) is 8.66. The van der Waals surface area contributed by atoms with E-state index in [0.717, 1.165) is 66.7 Å². The first-order valence-electron chi connectivity index (χ1n) is 11.7. The summed E-state index contributed by atoms with van der Waals surface area (Å²) in [5.41, 5.74) is 4.03. The van der Waals surface area contributed by atoms with Crippen LogP contribution in [0.2, 0.25) is 5.02 Å². The molecular formula is C26H27ClF2N4O2. The van der Waals surface area contributed by atoms with Gasteiger partial charge < -0.3 is 24.6 Å². The number of halogens is 3. The molecule has 1 fully saturated rings. The minimum atomic E-state index is -0.630. The number of benzene rings is 2. The Morgan fingerprint density at radius 3 is 2.57 bits per heavy atom. The van der Waals surface area contributed by atoms with Crippen LogP contribution in [0.4, 0.5) is 26.0 Å². The van der Waals surface area contributed by atoms with Crippen LogP contribution >= 0.6 is 11.6 Å². The number of hydrogen-bond donors (Lipinski definition) is 1. The number of aromatic nitrogens is 1. The molecule has 0 unspecified atom stereocenters. The fraction of sp³-hybridized carbons (Fsp3) is 0.346. The van der Waals surface area contributed by atoms with Gasteiger partial charge in [0.2, 0.25) is 0 Å². The lowest BCUT2D eigenvalue weighted by Gasteiger charge is -2.33. The Morgan fingerprint density at radius 1 is 1.06 bits per heavy atom. The highest BCUT2D eigenvalue weighted by atomic mass is 35.5.